The van der Waals surface area contributed by atoms with Gasteiger partial charge in [-0.3, -0.25) is 14.6 Å². The third-order valence-corrected chi connectivity index (χ3v) is 7.84. The molecule has 1 N–H and O–H groups in total. The highest BCUT2D eigenvalue weighted by molar-refractivity contribution is 6.30. The summed E-state index contributed by atoms with van der Waals surface area (Å²) >= 11 is 6.06. The van der Waals surface area contributed by atoms with E-state index in [9.17, 15) is 9.59 Å². The minimum atomic E-state index is 0.0115. The van der Waals surface area contributed by atoms with Crippen LogP contribution in [0.1, 0.15) is 76.5 Å². The molecule has 2 bridgehead atoms. The maximum atomic E-state index is 13.2. The Morgan fingerprint density at radius 3 is 2.56 bits per heavy atom. The second-order valence-electron chi connectivity index (χ2n) is 9.72. The molecule has 5 nitrogen and oxygen atoms in total. The maximum absolute atomic E-state index is 13.2. The molecule has 168 valence electrons. The molecular weight excluding hydrogens is 422 g/mol. The highest BCUT2D eigenvalue weighted by Gasteiger charge is 2.40. The van der Waals surface area contributed by atoms with Crippen molar-refractivity contribution in [2.75, 3.05) is 13.1 Å². The van der Waals surface area contributed by atoms with E-state index in [0.29, 0.717) is 41.2 Å². The molecule has 1 aliphatic heterocycles. The Bertz CT molecular complexity index is 1030. The van der Waals surface area contributed by atoms with Crippen molar-refractivity contribution in [3.05, 3.63) is 63.9 Å². The summed E-state index contributed by atoms with van der Waals surface area (Å²) in [7, 11) is 0. The fraction of sp³-hybridized carbons (Fsp3) is 0.500. The summed E-state index contributed by atoms with van der Waals surface area (Å²) in [6.45, 7) is 3.27. The molecule has 2 aromatic rings. The SMILES string of the molecule is Cc1ccc(C(=O)N[C@@H]2C[C@H]3CC[C@H]2C3)c(C2CCN(C(=O)c3cccc(Cl)c3)CC2)n1. The molecule has 2 aliphatic carbocycles. The van der Waals surface area contributed by atoms with Gasteiger partial charge in [0.2, 0.25) is 0 Å². The van der Waals surface area contributed by atoms with Crippen LogP contribution in [0.5, 0.6) is 0 Å². The summed E-state index contributed by atoms with van der Waals surface area (Å²) in [5, 5.41) is 3.89. The van der Waals surface area contributed by atoms with Crippen molar-refractivity contribution in [1.29, 1.82) is 0 Å². The number of fused-ring (bicyclic) bond motifs is 2. The van der Waals surface area contributed by atoms with Crippen molar-refractivity contribution in [1.82, 2.24) is 15.2 Å². The van der Waals surface area contributed by atoms with Gasteiger partial charge in [0.25, 0.3) is 11.8 Å². The minimum Gasteiger partial charge on any atom is -0.349 e. The van der Waals surface area contributed by atoms with Crippen molar-refractivity contribution < 1.29 is 9.59 Å². The van der Waals surface area contributed by atoms with E-state index >= 15 is 0 Å². The van der Waals surface area contributed by atoms with E-state index in [1.165, 1.54) is 19.3 Å². The Labute approximate surface area is 194 Å². The van der Waals surface area contributed by atoms with Gasteiger partial charge in [0.1, 0.15) is 0 Å². The number of likely N-dealkylation sites (tertiary alicyclic amines) is 1. The zero-order valence-corrected chi connectivity index (χ0v) is 19.3. The number of benzene rings is 1. The Morgan fingerprint density at radius 1 is 1.06 bits per heavy atom. The van der Waals surface area contributed by atoms with Crippen LogP contribution >= 0.6 is 11.6 Å². The summed E-state index contributed by atoms with van der Waals surface area (Å²) in [6.07, 6.45) is 6.56. The van der Waals surface area contributed by atoms with Gasteiger partial charge in [0.15, 0.2) is 0 Å². The van der Waals surface area contributed by atoms with Crippen LogP contribution in [0.15, 0.2) is 36.4 Å². The first kappa shape index (κ1) is 21.4. The first-order chi connectivity index (χ1) is 15.5. The Morgan fingerprint density at radius 2 is 1.88 bits per heavy atom. The van der Waals surface area contributed by atoms with Gasteiger partial charge in [-0.25, -0.2) is 0 Å². The smallest absolute Gasteiger partial charge is 0.253 e. The molecule has 2 heterocycles. The summed E-state index contributed by atoms with van der Waals surface area (Å²) < 4.78 is 0. The van der Waals surface area contributed by atoms with Gasteiger partial charge >= 0.3 is 0 Å². The first-order valence-electron chi connectivity index (χ1n) is 11.8. The fourth-order valence-electron chi connectivity index (χ4n) is 5.91. The fourth-order valence-corrected chi connectivity index (χ4v) is 6.10. The summed E-state index contributed by atoms with van der Waals surface area (Å²) in [5.41, 5.74) is 3.14. The van der Waals surface area contributed by atoms with Crippen molar-refractivity contribution in [2.24, 2.45) is 11.8 Å². The Balaban J connectivity index is 1.27. The van der Waals surface area contributed by atoms with Crippen LogP contribution in [-0.4, -0.2) is 40.8 Å². The summed E-state index contributed by atoms with van der Waals surface area (Å²) in [5.74, 6) is 1.65. The number of aryl methyl sites for hydroxylation is 1. The molecule has 0 radical (unpaired) electrons. The second-order valence-corrected chi connectivity index (χ2v) is 10.2. The van der Waals surface area contributed by atoms with E-state index in [-0.39, 0.29) is 17.7 Å². The first-order valence-corrected chi connectivity index (χ1v) is 12.2. The Kier molecular flexibility index (Phi) is 5.93. The Hall–Kier alpha value is -2.40. The van der Waals surface area contributed by atoms with Gasteiger partial charge in [0, 0.05) is 41.3 Å². The number of pyridine rings is 1. The van der Waals surface area contributed by atoms with Gasteiger partial charge in [-0.2, -0.15) is 0 Å². The average Bonchev–Trinajstić information content (AvgIpc) is 3.42. The van der Waals surface area contributed by atoms with E-state index in [1.807, 2.05) is 24.0 Å². The van der Waals surface area contributed by atoms with Crippen molar-refractivity contribution in [3.8, 4) is 0 Å². The predicted molar refractivity (Wildman–Crippen MR) is 125 cm³/mol. The molecular formula is C26H30ClN3O2. The third-order valence-electron chi connectivity index (χ3n) is 7.60. The molecule has 0 spiro atoms. The van der Waals surface area contributed by atoms with Crippen LogP contribution in [0.25, 0.3) is 0 Å². The van der Waals surface area contributed by atoms with Crippen LogP contribution in [0, 0.1) is 18.8 Å². The average molecular weight is 452 g/mol. The highest BCUT2D eigenvalue weighted by atomic mass is 35.5. The number of hydrogen-bond acceptors (Lipinski definition) is 3. The molecule has 0 unspecified atom stereocenters. The molecule has 5 rings (SSSR count). The number of piperidine rings is 1. The monoisotopic (exact) mass is 451 g/mol. The molecule has 1 aromatic heterocycles. The highest BCUT2D eigenvalue weighted by Crippen LogP contribution is 2.44. The van der Waals surface area contributed by atoms with Crippen LogP contribution < -0.4 is 5.32 Å². The minimum absolute atomic E-state index is 0.0115. The largest absolute Gasteiger partial charge is 0.349 e. The van der Waals surface area contributed by atoms with Crippen molar-refractivity contribution in [2.45, 2.75) is 57.4 Å². The third kappa shape index (κ3) is 4.27. The topological polar surface area (TPSA) is 62.3 Å². The second kappa shape index (κ2) is 8.86. The van der Waals surface area contributed by atoms with Crippen molar-refractivity contribution >= 4 is 23.4 Å². The zero-order valence-electron chi connectivity index (χ0n) is 18.5. The lowest BCUT2D eigenvalue weighted by atomic mass is 9.89. The van der Waals surface area contributed by atoms with Gasteiger partial charge in [-0.1, -0.05) is 24.1 Å². The lowest BCUT2D eigenvalue weighted by Crippen LogP contribution is -2.40. The van der Waals surface area contributed by atoms with Crippen LogP contribution in [0.4, 0.5) is 0 Å². The van der Waals surface area contributed by atoms with E-state index in [2.05, 4.69) is 5.32 Å². The van der Waals surface area contributed by atoms with Crippen LogP contribution in [-0.2, 0) is 0 Å². The molecule has 32 heavy (non-hydrogen) atoms. The molecule has 2 amide bonds. The number of carbonyl (C=O) groups is 2. The molecule has 1 aromatic carbocycles. The number of aromatic nitrogens is 1. The normalized spacial score (nSPS) is 25.2. The molecule has 2 saturated carbocycles. The van der Waals surface area contributed by atoms with E-state index < -0.39 is 0 Å². The standard InChI is InChI=1S/C26H30ClN3O2/c1-16-5-8-22(25(31)29-23-14-17-6-7-19(23)13-17)24(28-16)18-9-11-30(12-10-18)26(32)20-3-2-4-21(27)15-20/h2-5,8,15,17-19,23H,6-7,9-14H2,1H3,(H,29,31)/t17-,19-,23+/m0/s1. The number of nitrogens with zero attached hydrogens (tertiary/aromatic N) is 2. The number of rotatable bonds is 4. The molecule has 3 fully saturated rings. The van der Waals surface area contributed by atoms with E-state index in [0.717, 1.165) is 36.6 Å². The summed E-state index contributed by atoms with van der Waals surface area (Å²) in [4.78, 5) is 32.8. The molecule has 6 heteroatoms. The number of amides is 2. The molecule has 3 atom stereocenters. The lowest BCUT2D eigenvalue weighted by Gasteiger charge is -2.33. The number of nitrogens with one attached hydrogen (secondary N) is 1. The summed E-state index contributed by atoms with van der Waals surface area (Å²) in [6, 6.07) is 11.3. The number of carbonyl (C=O) groups excluding carboxylic acids is 2. The van der Waals surface area contributed by atoms with E-state index in [1.54, 1.807) is 24.3 Å². The molecule has 3 aliphatic rings. The molecule has 1 saturated heterocycles. The van der Waals surface area contributed by atoms with Gasteiger partial charge in [-0.15, -0.1) is 0 Å². The van der Waals surface area contributed by atoms with Crippen LogP contribution in [0.2, 0.25) is 5.02 Å². The number of hydrogen-bond donors (Lipinski definition) is 1. The predicted octanol–water partition coefficient (Wildman–Crippen LogP) is 4.98. The quantitative estimate of drug-likeness (QED) is 0.712. The van der Waals surface area contributed by atoms with Crippen LogP contribution in [0.3, 0.4) is 0 Å². The van der Waals surface area contributed by atoms with Gasteiger partial charge in [0.05, 0.1) is 11.3 Å². The van der Waals surface area contributed by atoms with Gasteiger partial charge in [-0.05, 0) is 81.2 Å². The van der Waals surface area contributed by atoms with Crippen molar-refractivity contribution in [3.63, 3.8) is 0 Å². The maximum Gasteiger partial charge on any atom is 0.253 e. The van der Waals surface area contributed by atoms with Gasteiger partial charge < -0.3 is 10.2 Å². The van der Waals surface area contributed by atoms with E-state index in [4.69, 9.17) is 16.6 Å². The number of halogens is 1. The lowest BCUT2D eigenvalue weighted by molar-refractivity contribution is 0.0710. The zero-order chi connectivity index (χ0) is 22.2.